The van der Waals surface area contributed by atoms with E-state index in [2.05, 4.69) is 15.0 Å². The van der Waals surface area contributed by atoms with Crippen molar-refractivity contribution in [2.75, 3.05) is 0 Å². The first-order valence-corrected chi connectivity index (χ1v) is 9.72. The lowest BCUT2D eigenvalue weighted by molar-refractivity contribution is 1.06. The van der Waals surface area contributed by atoms with E-state index in [0.717, 1.165) is 5.69 Å². The van der Waals surface area contributed by atoms with Crippen molar-refractivity contribution in [2.45, 2.75) is 0 Å². The van der Waals surface area contributed by atoms with Crippen molar-refractivity contribution in [3.63, 3.8) is 0 Å². The molecular weight excluding hydrogens is 429 g/mol. The lowest BCUT2D eigenvalue weighted by atomic mass is 10.1. The molecule has 0 amide bonds. The normalized spacial score (nSPS) is 11.3. The molecule has 0 unspecified atom stereocenters. The Morgan fingerprint density at radius 1 is 1.00 bits per heavy atom. The van der Waals surface area contributed by atoms with Crippen LogP contribution >= 0.6 is 34.8 Å². The fraction of sp³-hybridized carbons (Fsp3) is 0. The third-order valence-electron chi connectivity index (χ3n) is 4.23. The molecule has 2 aromatic heterocycles. The minimum absolute atomic E-state index is 0.523. The molecule has 2 aromatic carbocycles. The van der Waals surface area contributed by atoms with Gasteiger partial charge in [0, 0.05) is 39.9 Å². The van der Waals surface area contributed by atoms with Gasteiger partial charge < -0.3 is 10.4 Å². The summed E-state index contributed by atoms with van der Waals surface area (Å²) in [5.41, 5.74) is 2.88. The Labute approximate surface area is 182 Å². The molecule has 2 N–H and O–H groups in total. The van der Waals surface area contributed by atoms with Gasteiger partial charge in [0.1, 0.15) is 17.2 Å². The summed E-state index contributed by atoms with van der Waals surface area (Å²) in [6.07, 6.45) is 8.03. The van der Waals surface area contributed by atoms with Crippen LogP contribution in [-0.4, -0.2) is 25.7 Å². The largest absolute Gasteiger partial charge is 0.335 e. The average molecular weight is 443 g/mol. The third-order valence-corrected chi connectivity index (χ3v) is 5.04. The van der Waals surface area contributed by atoms with E-state index in [-0.39, 0.29) is 0 Å². The van der Waals surface area contributed by atoms with E-state index in [0.29, 0.717) is 43.7 Å². The first-order chi connectivity index (χ1) is 14.1. The molecule has 4 rings (SSSR count). The zero-order chi connectivity index (χ0) is 20.4. The number of aromatic amines is 1. The Bertz CT molecular complexity index is 1210. The number of nitrogens with zero attached hydrogens (tertiary/aromatic N) is 3. The summed E-state index contributed by atoms with van der Waals surface area (Å²) < 4.78 is 1.93. The predicted octanol–water partition coefficient (Wildman–Crippen LogP) is 6.55. The molecule has 0 aliphatic heterocycles. The molecule has 0 fully saturated rings. The zero-order valence-corrected chi connectivity index (χ0v) is 17.2. The molecule has 0 aliphatic carbocycles. The number of halogens is 3. The second-order valence-electron chi connectivity index (χ2n) is 6.09. The number of nitrogens with one attached hydrogen (secondary N) is 2. The fourth-order valence-electron chi connectivity index (χ4n) is 2.94. The van der Waals surface area contributed by atoms with Gasteiger partial charge in [-0.05, 0) is 54.6 Å². The maximum Gasteiger partial charge on any atom is 0.163 e. The molecule has 5 nitrogen and oxygen atoms in total. The van der Waals surface area contributed by atoms with Crippen LogP contribution in [0.1, 0.15) is 5.82 Å². The maximum absolute atomic E-state index is 7.22. The molecule has 0 spiro atoms. The van der Waals surface area contributed by atoms with E-state index in [4.69, 9.17) is 40.2 Å². The number of aromatic nitrogens is 4. The van der Waals surface area contributed by atoms with Crippen LogP contribution in [0.2, 0.25) is 15.1 Å². The predicted molar refractivity (Wildman–Crippen MR) is 119 cm³/mol. The molecule has 0 aliphatic rings. The minimum atomic E-state index is 0.523. The summed E-state index contributed by atoms with van der Waals surface area (Å²) in [6, 6.07) is 12.7. The second-order valence-corrected chi connectivity index (χ2v) is 7.37. The summed E-state index contributed by atoms with van der Waals surface area (Å²) in [4.78, 5) is 12.5. The molecular formula is C21H14Cl3N5. The highest BCUT2D eigenvalue weighted by molar-refractivity contribution is 6.35. The third kappa shape index (κ3) is 3.98. The fourth-order valence-corrected chi connectivity index (χ4v) is 3.45. The van der Waals surface area contributed by atoms with E-state index < -0.39 is 0 Å². The Balaban J connectivity index is 1.92. The Morgan fingerprint density at radius 3 is 2.52 bits per heavy atom. The summed E-state index contributed by atoms with van der Waals surface area (Å²) in [7, 11) is 0. The summed E-state index contributed by atoms with van der Waals surface area (Å²) in [5, 5.41) is 8.95. The van der Waals surface area contributed by atoms with E-state index >= 15 is 0 Å². The molecule has 4 aromatic rings. The number of imidazole rings is 2. The maximum atomic E-state index is 7.22. The van der Waals surface area contributed by atoms with Crippen LogP contribution in [0.4, 0.5) is 0 Å². The highest BCUT2D eigenvalue weighted by Gasteiger charge is 2.20. The van der Waals surface area contributed by atoms with Crippen LogP contribution in [-0.2, 0) is 0 Å². The average Bonchev–Trinajstić information content (AvgIpc) is 3.35. The van der Waals surface area contributed by atoms with Crippen LogP contribution in [0, 0.1) is 5.41 Å². The van der Waals surface area contributed by atoms with Crippen LogP contribution < -0.4 is 0 Å². The van der Waals surface area contributed by atoms with E-state index in [1.807, 2.05) is 35.0 Å². The first kappa shape index (κ1) is 19.5. The monoisotopic (exact) mass is 441 g/mol. The molecule has 0 radical (unpaired) electrons. The molecule has 29 heavy (non-hydrogen) atoms. The quantitative estimate of drug-likeness (QED) is 0.344. The number of rotatable bonds is 5. The van der Waals surface area contributed by atoms with E-state index in [1.54, 1.807) is 36.5 Å². The molecule has 8 heteroatoms. The number of H-pyrrole nitrogens is 1. The SMILES string of the molecule is N=C/C=C\c1nc(-c2cc(Cl)ccc2Cl)c(-c2nccn2-c2ccc(Cl)cc2)[nH]1. The molecule has 2 heterocycles. The molecule has 0 saturated heterocycles. The van der Waals surface area contributed by atoms with Crippen molar-refractivity contribution < 1.29 is 0 Å². The van der Waals surface area contributed by atoms with Gasteiger partial charge in [0.05, 0.1) is 5.02 Å². The van der Waals surface area contributed by atoms with Gasteiger partial charge in [0.15, 0.2) is 5.82 Å². The zero-order valence-electron chi connectivity index (χ0n) is 14.9. The number of benzene rings is 2. The van der Waals surface area contributed by atoms with Crippen molar-refractivity contribution in [3.8, 4) is 28.5 Å². The smallest absolute Gasteiger partial charge is 0.163 e. The Hall–Kier alpha value is -2.86. The van der Waals surface area contributed by atoms with Crippen molar-refractivity contribution in [2.24, 2.45) is 0 Å². The second kappa shape index (κ2) is 8.25. The van der Waals surface area contributed by atoms with E-state index in [9.17, 15) is 0 Å². The summed E-state index contributed by atoms with van der Waals surface area (Å²) in [5.74, 6) is 1.22. The highest BCUT2D eigenvalue weighted by atomic mass is 35.5. The van der Waals surface area contributed by atoms with E-state index in [1.165, 1.54) is 6.21 Å². The number of allylic oxidation sites excluding steroid dienone is 1. The van der Waals surface area contributed by atoms with Gasteiger partial charge in [0.25, 0.3) is 0 Å². The summed E-state index contributed by atoms with van der Waals surface area (Å²) >= 11 is 18.7. The van der Waals surface area contributed by atoms with Gasteiger partial charge in [-0.15, -0.1) is 0 Å². The number of hydrogen-bond acceptors (Lipinski definition) is 3. The highest BCUT2D eigenvalue weighted by Crippen LogP contribution is 2.36. The van der Waals surface area contributed by atoms with Crippen LogP contribution in [0.15, 0.2) is 60.9 Å². The van der Waals surface area contributed by atoms with Gasteiger partial charge in [-0.25, -0.2) is 9.97 Å². The molecule has 144 valence electrons. The Kier molecular flexibility index (Phi) is 5.53. The van der Waals surface area contributed by atoms with Gasteiger partial charge >= 0.3 is 0 Å². The molecule has 0 atom stereocenters. The van der Waals surface area contributed by atoms with Gasteiger partial charge in [-0.3, -0.25) is 4.57 Å². The van der Waals surface area contributed by atoms with Crippen molar-refractivity contribution in [1.29, 1.82) is 5.41 Å². The topological polar surface area (TPSA) is 70.3 Å². The van der Waals surface area contributed by atoms with Crippen molar-refractivity contribution >= 4 is 47.1 Å². The lowest BCUT2D eigenvalue weighted by Crippen LogP contribution is -1.98. The van der Waals surface area contributed by atoms with Crippen LogP contribution in [0.5, 0.6) is 0 Å². The standard InChI is InChI=1S/C21H14Cl3N5/c22-13-3-6-15(7-4-13)29-11-10-26-21(29)20-19(27-18(28-20)2-1-9-25)16-12-14(23)5-8-17(16)24/h1-12,25H,(H,27,28)/b2-1-,25-9?. The van der Waals surface area contributed by atoms with Crippen molar-refractivity contribution in [1.82, 2.24) is 19.5 Å². The van der Waals surface area contributed by atoms with Gasteiger partial charge in [-0.1, -0.05) is 34.8 Å². The van der Waals surface area contributed by atoms with Crippen LogP contribution in [0.3, 0.4) is 0 Å². The first-order valence-electron chi connectivity index (χ1n) is 8.59. The van der Waals surface area contributed by atoms with Crippen molar-refractivity contribution in [3.05, 3.63) is 81.8 Å². The Morgan fingerprint density at radius 2 is 1.76 bits per heavy atom. The molecule has 0 saturated carbocycles. The minimum Gasteiger partial charge on any atom is -0.335 e. The lowest BCUT2D eigenvalue weighted by Gasteiger charge is -2.09. The van der Waals surface area contributed by atoms with Gasteiger partial charge in [0.2, 0.25) is 0 Å². The summed E-state index contributed by atoms with van der Waals surface area (Å²) in [6.45, 7) is 0. The van der Waals surface area contributed by atoms with Gasteiger partial charge in [-0.2, -0.15) is 0 Å². The van der Waals surface area contributed by atoms with Crippen LogP contribution in [0.25, 0.3) is 34.5 Å². The molecule has 0 bridgehead atoms. The number of hydrogen-bond donors (Lipinski definition) is 2.